The third kappa shape index (κ3) is 3.40. The van der Waals surface area contributed by atoms with Gasteiger partial charge in [-0.3, -0.25) is 4.79 Å². The summed E-state index contributed by atoms with van der Waals surface area (Å²) >= 11 is 0. The Morgan fingerprint density at radius 1 is 1.09 bits per heavy atom. The highest BCUT2D eigenvalue weighted by atomic mass is 16.5. The van der Waals surface area contributed by atoms with E-state index in [0.29, 0.717) is 11.4 Å². The molecule has 0 unspecified atom stereocenters. The summed E-state index contributed by atoms with van der Waals surface area (Å²) < 4.78 is 10.2. The van der Waals surface area contributed by atoms with Crippen LogP contribution in [-0.2, 0) is 0 Å². The molecule has 0 saturated heterocycles. The van der Waals surface area contributed by atoms with Gasteiger partial charge in [0.1, 0.15) is 11.4 Å². The van der Waals surface area contributed by atoms with Crippen LogP contribution in [0.1, 0.15) is 16.1 Å². The van der Waals surface area contributed by atoms with Crippen LogP contribution in [0.2, 0.25) is 0 Å². The highest BCUT2D eigenvalue weighted by Gasteiger charge is 2.14. The highest BCUT2D eigenvalue weighted by Crippen LogP contribution is 2.21. The molecule has 23 heavy (non-hydrogen) atoms. The smallest absolute Gasteiger partial charge is 0.294 e. The molecule has 1 heterocycles. The molecule has 1 aromatic heterocycles. The molecule has 0 spiro atoms. The fourth-order valence-corrected chi connectivity index (χ4v) is 2.11. The number of aryl methyl sites for hydroxylation is 1. The average Bonchev–Trinajstić information content (AvgIpc) is 3.06. The number of carbonyl (C=O) groups is 1. The molecule has 1 N–H and O–H groups in total. The lowest BCUT2D eigenvalue weighted by Gasteiger charge is -2.03. The zero-order chi connectivity index (χ0) is 16.2. The number of methoxy groups -OCH3 is 1. The van der Waals surface area contributed by atoms with Crippen molar-refractivity contribution < 1.29 is 14.1 Å². The van der Waals surface area contributed by atoms with E-state index in [2.05, 4.69) is 10.5 Å². The van der Waals surface area contributed by atoms with Gasteiger partial charge in [-0.2, -0.15) is 0 Å². The number of benzene rings is 2. The minimum Gasteiger partial charge on any atom is -0.497 e. The topological polar surface area (TPSA) is 64.4 Å². The van der Waals surface area contributed by atoms with Gasteiger partial charge in [0.05, 0.1) is 7.11 Å². The van der Waals surface area contributed by atoms with E-state index in [1.54, 1.807) is 37.4 Å². The molecule has 0 bridgehead atoms. The molecule has 5 nitrogen and oxygen atoms in total. The lowest BCUT2D eigenvalue weighted by molar-refractivity contribution is 0.0988. The zero-order valence-corrected chi connectivity index (χ0v) is 12.9. The normalized spacial score (nSPS) is 10.3. The third-order valence-electron chi connectivity index (χ3n) is 3.43. The van der Waals surface area contributed by atoms with Crippen LogP contribution in [0.5, 0.6) is 5.75 Å². The maximum Gasteiger partial charge on any atom is 0.294 e. The Bertz CT molecular complexity index is 805. The number of amides is 1. The van der Waals surface area contributed by atoms with E-state index in [1.807, 2.05) is 31.2 Å². The first-order valence-corrected chi connectivity index (χ1v) is 7.15. The van der Waals surface area contributed by atoms with Crippen molar-refractivity contribution in [3.8, 4) is 17.0 Å². The number of hydrogen-bond donors (Lipinski definition) is 1. The zero-order valence-electron chi connectivity index (χ0n) is 12.9. The molecule has 0 aliphatic carbocycles. The second kappa shape index (κ2) is 6.36. The van der Waals surface area contributed by atoms with Crippen molar-refractivity contribution >= 4 is 11.6 Å². The minimum absolute atomic E-state index is 0.163. The number of rotatable bonds is 4. The van der Waals surface area contributed by atoms with Crippen molar-refractivity contribution in [1.29, 1.82) is 0 Å². The fourth-order valence-electron chi connectivity index (χ4n) is 2.11. The largest absolute Gasteiger partial charge is 0.497 e. The van der Waals surface area contributed by atoms with Crippen molar-refractivity contribution in [3.05, 3.63) is 65.9 Å². The second-order valence-electron chi connectivity index (χ2n) is 5.13. The first-order chi connectivity index (χ1) is 11.2. The molecule has 0 aliphatic rings. The molecule has 5 heteroatoms. The first kappa shape index (κ1) is 14.8. The van der Waals surface area contributed by atoms with Gasteiger partial charge in [-0.25, -0.2) is 0 Å². The lowest BCUT2D eigenvalue weighted by Crippen LogP contribution is -2.10. The summed E-state index contributed by atoms with van der Waals surface area (Å²) in [6.07, 6.45) is 0. The summed E-state index contributed by atoms with van der Waals surface area (Å²) in [5.74, 6) is 0.543. The summed E-state index contributed by atoms with van der Waals surface area (Å²) in [6.45, 7) is 2.01. The molecule has 0 atom stereocenters. The van der Waals surface area contributed by atoms with Crippen LogP contribution in [0.3, 0.4) is 0 Å². The summed E-state index contributed by atoms with van der Waals surface area (Å²) in [7, 11) is 1.59. The van der Waals surface area contributed by atoms with Gasteiger partial charge >= 0.3 is 0 Å². The molecular formula is C18H16N2O3. The maximum atomic E-state index is 12.2. The van der Waals surface area contributed by atoms with Gasteiger partial charge in [0.2, 0.25) is 5.76 Å². The van der Waals surface area contributed by atoms with Crippen molar-refractivity contribution in [3.63, 3.8) is 0 Å². The van der Waals surface area contributed by atoms with Gasteiger partial charge in [-0.1, -0.05) is 35.0 Å². The van der Waals surface area contributed by atoms with Crippen LogP contribution >= 0.6 is 0 Å². The number of aromatic nitrogens is 1. The number of ether oxygens (including phenoxy) is 1. The van der Waals surface area contributed by atoms with Gasteiger partial charge in [0, 0.05) is 17.3 Å². The number of nitrogens with one attached hydrogen (secondary N) is 1. The molecule has 0 saturated carbocycles. The standard InChI is InChI=1S/C18H16N2O3/c1-12-3-5-13(6-4-12)16-11-17(23-20-16)18(21)19-14-7-9-15(22-2)10-8-14/h3-11H,1-2H3,(H,19,21). The van der Waals surface area contributed by atoms with Crippen molar-refractivity contribution in [1.82, 2.24) is 5.16 Å². The molecule has 0 aliphatic heterocycles. The summed E-state index contributed by atoms with van der Waals surface area (Å²) in [6, 6.07) is 16.5. The second-order valence-corrected chi connectivity index (χ2v) is 5.13. The fraction of sp³-hybridized carbons (Fsp3) is 0.111. The quantitative estimate of drug-likeness (QED) is 0.793. The molecule has 0 radical (unpaired) electrons. The molecule has 2 aromatic carbocycles. The molecular weight excluding hydrogens is 292 g/mol. The first-order valence-electron chi connectivity index (χ1n) is 7.15. The van der Waals surface area contributed by atoms with Gasteiger partial charge in [-0.15, -0.1) is 0 Å². The van der Waals surface area contributed by atoms with E-state index in [9.17, 15) is 4.79 Å². The Hall–Kier alpha value is -3.08. The highest BCUT2D eigenvalue weighted by molar-refractivity contribution is 6.02. The van der Waals surface area contributed by atoms with E-state index in [-0.39, 0.29) is 11.7 Å². The van der Waals surface area contributed by atoms with Crippen molar-refractivity contribution in [2.75, 3.05) is 12.4 Å². The van der Waals surface area contributed by atoms with E-state index in [1.165, 1.54) is 0 Å². The summed E-state index contributed by atoms with van der Waals surface area (Å²) in [5, 5.41) is 6.71. The Kier molecular flexibility index (Phi) is 4.10. The molecule has 116 valence electrons. The Labute approximate surface area is 133 Å². The minimum atomic E-state index is -0.346. The maximum absolute atomic E-state index is 12.2. The summed E-state index contributed by atoms with van der Waals surface area (Å²) in [5.41, 5.74) is 3.35. The van der Waals surface area contributed by atoms with Gasteiger partial charge in [0.15, 0.2) is 0 Å². The Morgan fingerprint density at radius 3 is 2.43 bits per heavy atom. The molecule has 1 amide bonds. The molecule has 3 rings (SSSR count). The SMILES string of the molecule is COc1ccc(NC(=O)c2cc(-c3ccc(C)cc3)no2)cc1. The number of nitrogens with zero attached hydrogens (tertiary/aromatic N) is 1. The van der Waals surface area contributed by atoms with Gasteiger partial charge in [-0.05, 0) is 31.2 Å². The van der Waals surface area contributed by atoms with E-state index in [4.69, 9.17) is 9.26 Å². The van der Waals surface area contributed by atoms with Gasteiger partial charge < -0.3 is 14.6 Å². The number of carbonyl (C=O) groups excluding carboxylic acids is 1. The predicted molar refractivity (Wildman–Crippen MR) is 87.6 cm³/mol. The predicted octanol–water partition coefficient (Wildman–Crippen LogP) is 3.91. The van der Waals surface area contributed by atoms with Crippen molar-refractivity contribution in [2.24, 2.45) is 0 Å². The molecule has 3 aromatic rings. The van der Waals surface area contributed by atoms with E-state index in [0.717, 1.165) is 16.9 Å². The monoisotopic (exact) mass is 308 g/mol. The molecule has 0 fully saturated rings. The lowest BCUT2D eigenvalue weighted by atomic mass is 10.1. The average molecular weight is 308 g/mol. The Balaban J connectivity index is 1.74. The Morgan fingerprint density at radius 2 is 1.78 bits per heavy atom. The van der Waals surface area contributed by atoms with Crippen LogP contribution in [0.15, 0.2) is 59.1 Å². The van der Waals surface area contributed by atoms with Crippen LogP contribution in [-0.4, -0.2) is 18.2 Å². The summed E-state index contributed by atoms with van der Waals surface area (Å²) in [4.78, 5) is 12.2. The van der Waals surface area contributed by atoms with Crippen LogP contribution in [0.4, 0.5) is 5.69 Å². The van der Waals surface area contributed by atoms with E-state index >= 15 is 0 Å². The van der Waals surface area contributed by atoms with Crippen LogP contribution in [0.25, 0.3) is 11.3 Å². The van der Waals surface area contributed by atoms with E-state index < -0.39 is 0 Å². The number of anilines is 1. The van der Waals surface area contributed by atoms with Crippen LogP contribution in [0, 0.1) is 6.92 Å². The van der Waals surface area contributed by atoms with Crippen molar-refractivity contribution in [2.45, 2.75) is 6.92 Å². The van der Waals surface area contributed by atoms with Crippen LogP contribution < -0.4 is 10.1 Å². The number of hydrogen-bond acceptors (Lipinski definition) is 4. The third-order valence-corrected chi connectivity index (χ3v) is 3.43. The van der Waals surface area contributed by atoms with Gasteiger partial charge in [0.25, 0.3) is 5.91 Å².